The molecule has 6 heteroatoms. The first-order valence-corrected chi connectivity index (χ1v) is 6.31. The van der Waals surface area contributed by atoms with Crippen molar-refractivity contribution >= 4 is 12.1 Å². The highest BCUT2D eigenvalue weighted by molar-refractivity contribution is 5.76. The largest absolute Gasteiger partial charge is 0.480 e. The van der Waals surface area contributed by atoms with Crippen LogP contribution in [0.2, 0.25) is 0 Å². The number of likely N-dealkylation sites (N-methyl/N-ethyl adjacent to an activating group) is 1. The molecule has 0 aromatic heterocycles. The first kappa shape index (κ1) is 16.0. The van der Waals surface area contributed by atoms with E-state index in [-0.39, 0.29) is 13.2 Å². The highest BCUT2D eigenvalue weighted by Crippen LogP contribution is 2.03. The van der Waals surface area contributed by atoms with Gasteiger partial charge < -0.3 is 14.7 Å². The predicted molar refractivity (Wildman–Crippen MR) is 74.4 cm³/mol. The maximum absolute atomic E-state index is 11.9. The summed E-state index contributed by atoms with van der Waals surface area (Å²) in [5, 5.41) is 8.82. The van der Waals surface area contributed by atoms with Crippen molar-refractivity contribution in [1.82, 2.24) is 9.80 Å². The van der Waals surface area contributed by atoms with Gasteiger partial charge in [0.05, 0.1) is 0 Å². The van der Waals surface area contributed by atoms with E-state index in [4.69, 9.17) is 9.84 Å². The number of hydrogen-bond acceptors (Lipinski definition) is 4. The number of benzene rings is 1. The molecule has 0 saturated heterocycles. The van der Waals surface area contributed by atoms with Crippen molar-refractivity contribution in [3.05, 3.63) is 35.9 Å². The molecule has 0 aliphatic carbocycles. The Labute approximate surface area is 118 Å². The number of carbonyl (C=O) groups excluding carboxylic acids is 1. The standard InChI is InChI=1S/C14H20N2O4/c1-15(2)8-9-16(10-13(17)18)14(19)20-11-12-6-4-3-5-7-12/h3-7H,8-11H2,1-2H3,(H,17,18). The van der Waals surface area contributed by atoms with Gasteiger partial charge in [0, 0.05) is 13.1 Å². The number of nitrogens with zero attached hydrogens (tertiary/aromatic N) is 2. The zero-order valence-electron chi connectivity index (χ0n) is 11.8. The number of carboxylic acid groups (broad SMARTS) is 1. The third-order valence-corrected chi connectivity index (χ3v) is 2.61. The van der Waals surface area contributed by atoms with Crippen LogP contribution in [0.5, 0.6) is 0 Å². The van der Waals surface area contributed by atoms with Gasteiger partial charge in [-0.25, -0.2) is 4.79 Å². The summed E-state index contributed by atoms with van der Waals surface area (Å²) in [6, 6.07) is 9.26. The van der Waals surface area contributed by atoms with Gasteiger partial charge in [0.25, 0.3) is 0 Å². The Balaban J connectivity index is 2.51. The molecule has 110 valence electrons. The maximum atomic E-state index is 11.9. The molecule has 0 atom stereocenters. The molecule has 6 nitrogen and oxygen atoms in total. The molecular weight excluding hydrogens is 260 g/mol. The van der Waals surface area contributed by atoms with Crippen LogP contribution in [0.25, 0.3) is 0 Å². The normalized spacial score (nSPS) is 10.3. The fourth-order valence-corrected chi connectivity index (χ4v) is 1.53. The Morgan fingerprint density at radius 3 is 2.35 bits per heavy atom. The summed E-state index contributed by atoms with van der Waals surface area (Å²) in [6.07, 6.45) is -0.613. The number of aliphatic carboxylic acids is 1. The Bertz CT molecular complexity index is 434. The van der Waals surface area contributed by atoms with Crippen LogP contribution >= 0.6 is 0 Å². The Morgan fingerprint density at radius 2 is 1.80 bits per heavy atom. The highest BCUT2D eigenvalue weighted by atomic mass is 16.6. The van der Waals surface area contributed by atoms with Gasteiger partial charge in [-0.1, -0.05) is 30.3 Å². The number of carbonyl (C=O) groups is 2. The van der Waals surface area contributed by atoms with E-state index in [1.807, 2.05) is 49.3 Å². The predicted octanol–water partition coefficient (Wildman–Crippen LogP) is 1.27. The molecular formula is C14H20N2O4. The first-order chi connectivity index (χ1) is 9.49. The zero-order chi connectivity index (χ0) is 15.0. The SMILES string of the molecule is CN(C)CCN(CC(=O)O)C(=O)OCc1ccccc1. The number of rotatable bonds is 7. The number of hydrogen-bond donors (Lipinski definition) is 1. The van der Waals surface area contributed by atoms with Crippen molar-refractivity contribution in [2.45, 2.75) is 6.61 Å². The van der Waals surface area contributed by atoms with Gasteiger partial charge in [0.2, 0.25) is 0 Å². The van der Waals surface area contributed by atoms with Crippen molar-refractivity contribution in [3.8, 4) is 0 Å². The lowest BCUT2D eigenvalue weighted by Gasteiger charge is -2.22. The van der Waals surface area contributed by atoms with E-state index in [0.717, 1.165) is 5.56 Å². The summed E-state index contributed by atoms with van der Waals surface area (Å²) in [6.45, 7) is 0.667. The van der Waals surface area contributed by atoms with Crippen LogP contribution in [-0.4, -0.2) is 60.7 Å². The van der Waals surface area contributed by atoms with Crippen LogP contribution in [0.3, 0.4) is 0 Å². The number of ether oxygens (including phenoxy) is 1. The van der Waals surface area contributed by atoms with Gasteiger partial charge in [0.1, 0.15) is 13.2 Å². The fourth-order valence-electron chi connectivity index (χ4n) is 1.53. The molecule has 0 unspecified atom stereocenters. The van der Waals surface area contributed by atoms with E-state index >= 15 is 0 Å². The second-order valence-electron chi connectivity index (χ2n) is 4.66. The van der Waals surface area contributed by atoms with Gasteiger partial charge >= 0.3 is 12.1 Å². The molecule has 0 fully saturated rings. The lowest BCUT2D eigenvalue weighted by Crippen LogP contribution is -2.40. The minimum atomic E-state index is -1.06. The molecule has 1 rings (SSSR count). The summed E-state index contributed by atoms with van der Waals surface area (Å²) in [4.78, 5) is 25.7. The van der Waals surface area contributed by atoms with E-state index < -0.39 is 12.1 Å². The van der Waals surface area contributed by atoms with Crippen LogP contribution in [-0.2, 0) is 16.1 Å². The van der Waals surface area contributed by atoms with E-state index in [9.17, 15) is 9.59 Å². The quantitative estimate of drug-likeness (QED) is 0.814. The first-order valence-electron chi connectivity index (χ1n) is 6.31. The maximum Gasteiger partial charge on any atom is 0.410 e. The van der Waals surface area contributed by atoms with Crippen molar-refractivity contribution in [2.75, 3.05) is 33.7 Å². The second kappa shape index (κ2) is 8.16. The Hall–Kier alpha value is -2.08. The van der Waals surface area contributed by atoms with Gasteiger partial charge in [-0.2, -0.15) is 0 Å². The monoisotopic (exact) mass is 280 g/mol. The smallest absolute Gasteiger partial charge is 0.410 e. The summed E-state index contributed by atoms with van der Waals surface area (Å²) >= 11 is 0. The molecule has 0 spiro atoms. The zero-order valence-corrected chi connectivity index (χ0v) is 11.8. The molecule has 1 aromatic carbocycles. The third kappa shape index (κ3) is 6.19. The minimum Gasteiger partial charge on any atom is -0.480 e. The summed E-state index contributed by atoms with van der Waals surface area (Å²) in [5.74, 6) is -1.06. The molecule has 1 N–H and O–H groups in total. The van der Waals surface area contributed by atoms with Gasteiger partial charge in [0.15, 0.2) is 0 Å². The average Bonchev–Trinajstić information content (AvgIpc) is 2.41. The molecule has 20 heavy (non-hydrogen) atoms. The van der Waals surface area contributed by atoms with Crippen molar-refractivity contribution in [1.29, 1.82) is 0 Å². The van der Waals surface area contributed by atoms with Crippen LogP contribution in [0.4, 0.5) is 4.79 Å². The molecule has 0 aliphatic heterocycles. The summed E-state index contributed by atoms with van der Waals surface area (Å²) in [5.41, 5.74) is 0.865. The minimum absolute atomic E-state index is 0.137. The van der Waals surface area contributed by atoms with Crippen molar-refractivity contribution in [3.63, 3.8) is 0 Å². The Kier molecular flexibility index (Phi) is 6.52. The molecule has 0 saturated carbocycles. The van der Waals surface area contributed by atoms with Crippen LogP contribution < -0.4 is 0 Å². The average molecular weight is 280 g/mol. The summed E-state index contributed by atoms with van der Waals surface area (Å²) < 4.78 is 5.13. The summed E-state index contributed by atoms with van der Waals surface area (Å²) in [7, 11) is 3.71. The van der Waals surface area contributed by atoms with Gasteiger partial charge in [-0.05, 0) is 19.7 Å². The van der Waals surface area contributed by atoms with E-state index in [2.05, 4.69) is 0 Å². The molecule has 0 aliphatic rings. The fraction of sp³-hybridized carbons (Fsp3) is 0.429. The Morgan fingerprint density at radius 1 is 1.15 bits per heavy atom. The lowest BCUT2D eigenvalue weighted by molar-refractivity contribution is -0.138. The van der Waals surface area contributed by atoms with E-state index in [1.165, 1.54) is 4.90 Å². The van der Waals surface area contributed by atoms with Crippen molar-refractivity contribution in [2.24, 2.45) is 0 Å². The molecule has 1 aromatic rings. The third-order valence-electron chi connectivity index (χ3n) is 2.61. The van der Waals surface area contributed by atoms with E-state index in [1.54, 1.807) is 0 Å². The van der Waals surface area contributed by atoms with Crippen molar-refractivity contribution < 1.29 is 19.4 Å². The van der Waals surface area contributed by atoms with Crippen LogP contribution in [0, 0.1) is 0 Å². The second-order valence-corrected chi connectivity index (χ2v) is 4.66. The molecule has 0 radical (unpaired) electrons. The van der Waals surface area contributed by atoms with Crippen LogP contribution in [0.1, 0.15) is 5.56 Å². The molecule has 1 amide bonds. The van der Waals surface area contributed by atoms with Gasteiger partial charge in [-0.3, -0.25) is 9.69 Å². The molecule has 0 heterocycles. The number of amides is 1. The van der Waals surface area contributed by atoms with Crippen LogP contribution in [0.15, 0.2) is 30.3 Å². The number of carboxylic acids is 1. The molecule has 0 bridgehead atoms. The van der Waals surface area contributed by atoms with E-state index in [0.29, 0.717) is 13.1 Å². The lowest BCUT2D eigenvalue weighted by atomic mass is 10.2. The van der Waals surface area contributed by atoms with Gasteiger partial charge in [-0.15, -0.1) is 0 Å². The highest BCUT2D eigenvalue weighted by Gasteiger charge is 2.18. The topological polar surface area (TPSA) is 70.1 Å².